The summed E-state index contributed by atoms with van der Waals surface area (Å²) in [6.45, 7) is 5.57. The van der Waals surface area contributed by atoms with Crippen molar-refractivity contribution in [3.63, 3.8) is 0 Å². The number of carboxylic acid groups (broad SMARTS) is 1. The molecule has 0 spiro atoms. The third kappa shape index (κ3) is 7.30. The Labute approximate surface area is 166 Å². The molecule has 2 atom stereocenters. The van der Waals surface area contributed by atoms with Gasteiger partial charge in [-0.25, -0.2) is 9.59 Å². The second kappa shape index (κ2) is 11.2. The first-order valence-electron chi connectivity index (χ1n) is 10.4. The van der Waals surface area contributed by atoms with Gasteiger partial charge in [0, 0.05) is 13.1 Å². The molecule has 1 saturated carbocycles. The molecular weight excluding hydrogens is 364 g/mol. The van der Waals surface area contributed by atoms with Crippen molar-refractivity contribution in [1.82, 2.24) is 10.2 Å². The monoisotopic (exact) mass is 398 g/mol. The van der Waals surface area contributed by atoms with E-state index in [2.05, 4.69) is 5.32 Å². The molecule has 1 saturated heterocycles. The molecule has 0 aromatic carbocycles. The van der Waals surface area contributed by atoms with E-state index < -0.39 is 30.1 Å². The van der Waals surface area contributed by atoms with E-state index in [9.17, 15) is 19.5 Å². The van der Waals surface area contributed by atoms with Crippen LogP contribution in [0.2, 0.25) is 0 Å². The van der Waals surface area contributed by atoms with E-state index >= 15 is 0 Å². The molecule has 0 aromatic heterocycles. The van der Waals surface area contributed by atoms with Crippen LogP contribution in [-0.2, 0) is 19.1 Å². The van der Waals surface area contributed by atoms with Crippen LogP contribution in [0.3, 0.4) is 0 Å². The Hall–Kier alpha value is -1.83. The van der Waals surface area contributed by atoms with Crippen LogP contribution in [0.4, 0.5) is 4.79 Å². The highest BCUT2D eigenvalue weighted by Crippen LogP contribution is 2.28. The molecule has 2 amide bonds. The van der Waals surface area contributed by atoms with E-state index in [0.717, 1.165) is 25.7 Å². The Morgan fingerprint density at radius 1 is 1.14 bits per heavy atom. The standard InChI is InChI=1S/C20H34N2O6/c1-14(2)12-16(19(24)25)21-18(23)17(13-15-6-4-3-5-7-15)28-20(26)22-8-10-27-11-9-22/h14-17H,3-13H2,1-2H3,(H,21,23)(H,24,25)/t16-,17-/m0/s1. The van der Waals surface area contributed by atoms with Crippen molar-refractivity contribution in [3.8, 4) is 0 Å². The molecule has 2 N–H and O–H groups in total. The minimum absolute atomic E-state index is 0.120. The predicted octanol–water partition coefficient (Wildman–Crippen LogP) is 2.41. The van der Waals surface area contributed by atoms with Crippen LogP contribution >= 0.6 is 0 Å². The third-order valence-electron chi connectivity index (χ3n) is 5.40. The molecular formula is C20H34N2O6. The summed E-state index contributed by atoms with van der Waals surface area (Å²) in [6.07, 6.45) is 4.70. The van der Waals surface area contributed by atoms with Crippen molar-refractivity contribution in [2.24, 2.45) is 11.8 Å². The Morgan fingerprint density at radius 3 is 2.36 bits per heavy atom. The maximum atomic E-state index is 12.8. The van der Waals surface area contributed by atoms with Gasteiger partial charge < -0.3 is 24.8 Å². The number of aliphatic carboxylic acids is 1. The molecule has 2 aliphatic rings. The highest BCUT2D eigenvalue weighted by atomic mass is 16.6. The molecule has 0 radical (unpaired) electrons. The zero-order valence-electron chi connectivity index (χ0n) is 17.0. The van der Waals surface area contributed by atoms with Crippen LogP contribution in [0, 0.1) is 11.8 Å². The number of carbonyl (C=O) groups excluding carboxylic acids is 2. The highest BCUT2D eigenvalue weighted by molar-refractivity contribution is 5.87. The molecule has 160 valence electrons. The summed E-state index contributed by atoms with van der Waals surface area (Å²) in [5.74, 6) is -1.15. The number of hydrogen-bond acceptors (Lipinski definition) is 5. The zero-order valence-corrected chi connectivity index (χ0v) is 17.0. The molecule has 1 heterocycles. The van der Waals surface area contributed by atoms with Crippen molar-refractivity contribution < 1.29 is 29.0 Å². The summed E-state index contributed by atoms with van der Waals surface area (Å²) in [6, 6.07) is -0.983. The zero-order chi connectivity index (χ0) is 20.5. The highest BCUT2D eigenvalue weighted by Gasteiger charge is 2.32. The number of rotatable bonds is 8. The molecule has 8 heteroatoms. The number of carbonyl (C=O) groups is 3. The van der Waals surface area contributed by atoms with Crippen LogP contribution in [0.5, 0.6) is 0 Å². The maximum absolute atomic E-state index is 12.8. The molecule has 2 rings (SSSR count). The molecule has 8 nitrogen and oxygen atoms in total. The fourth-order valence-corrected chi connectivity index (χ4v) is 3.83. The fraction of sp³-hybridized carbons (Fsp3) is 0.850. The summed E-state index contributed by atoms with van der Waals surface area (Å²) in [7, 11) is 0. The molecule has 1 aliphatic carbocycles. The molecule has 1 aliphatic heterocycles. The van der Waals surface area contributed by atoms with Gasteiger partial charge in [-0.15, -0.1) is 0 Å². The van der Waals surface area contributed by atoms with E-state index in [1.165, 1.54) is 11.3 Å². The average Bonchev–Trinajstić information content (AvgIpc) is 2.68. The van der Waals surface area contributed by atoms with Crippen LogP contribution in [0.25, 0.3) is 0 Å². The Morgan fingerprint density at radius 2 is 1.79 bits per heavy atom. The number of nitrogens with zero attached hydrogens (tertiary/aromatic N) is 1. The number of hydrogen-bond donors (Lipinski definition) is 2. The molecule has 2 fully saturated rings. The van der Waals surface area contributed by atoms with Crippen molar-refractivity contribution in [3.05, 3.63) is 0 Å². The number of nitrogens with one attached hydrogen (secondary N) is 1. The number of amides is 2. The quantitative estimate of drug-likeness (QED) is 0.650. The number of carboxylic acids is 1. The minimum atomic E-state index is -1.07. The summed E-state index contributed by atoms with van der Waals surface area (Å²) in [5.41, 5.74) is 0. The van der Waals surface area contributed by atoms with E-state index in [0.29, 0.717) is 45.1 Å². The van der Waals surface area contributed by atoms with Gasteiger partial charge in [0.15, 0.2) is 6.10 Å². The van der Waals surface area contributed by atoms with Gasteiger partial charge in [-0.2, -0.15) is 0 Å². The normalized spacial score (nSPS) is 20.5. The van der Waals surface area contributed by atoms with Gasteiger partial charge in [0.2, 0.25) is 0 Å². The third-order valence-corrected chi connectivity index (χ3v) is 5.40. The van der Waals surface area contributed by atoms with Crippen LogP contribution in [0.1, 0.15) is 58.8 Å². The SMILES string of the molecule is CC(C)C[C@H](NC(=O)[C@H](CC1CCCCC1)OC(=O)N1CCOCC1)C(=O)O. The second-order valence-corrected chi connectivity index (χ2v) is 8.24. The fourth-order valence-electron chi connectivity index (χ4n) is 3.83. The minimum Gasteiger partial charge on any atom is -0.480 e. The maximum Gasteiger partial charge on any atom is 0.410 e. The largest absolute Gasteiger partial charge is 0.480 e. The van der Waals surface area contributed by atoms with Gasteiger partial charge in [-0.05, 0) is 24.7 Å². The van der Waals surface area contributed by atoms with Crippen molar-refractivity contribution in [2.45, 2.75) is 70.9 Å². The Bertz CT molecular complexity index is 527. The van der Waals surface area contributed by atoms with Crippen molar-refractivity contribution in [2.75, 3.05) is 26.3 Å². The van der Waals surface area contributed by atoms with E-state index in [-0.39, 0.29) is 5.92 Å². The van der Waals surface area contributed by atoms with Gasteiger partial charge in [0.1, 0.15) is 6.04 Å². The van der Waals surface area contributed by atoms with Gasteiger partial charge >= 0.3 is 12.1 Å². The molecule has 0 bridgehead atoms. The summed E-state index contributed by atoms with van der Waals surface area (Å²) in [5, 5.41) is 12.0. The summed E-state index contributed by atoms with van der Waals surface area (Å²) < 4.78 is 10.8. The summed E-state index contributed by atoms with van der Waals surface area (Å²) >= 11 is 0. The summed E-state index contributed by atoms with van der Waals surface area (Å²) in [4.78, 5) is 38.4. The second-order valence-electron chi connectivity index (χ2n) is 8.24. The van der Waals surface area contributed by atoms with Crippen molar-refractivity contribution in [1.29, 1.82) is 0 Å². The van der Waals surface area contributed by atoms with E-state index in [4.69, 9.17) is 9.47 Å². The van der Waals surface area contributed by atoms with Crippen LogP contribution in [0.15, 0.2) is 0 Å². The molecule has 28 heavy (non-hydrogen) atoms. The topological polar surface area (TPSA) is 105 Å². The molecule has 0 aromatic rings. The smallest absolute Gasteiger partial charge is 0.410 e. The lowest BCUT2D eigenvalue weighted by Gasteiger charge is -2.30. The van der Waals surface area contributed by atoms with Crippen LogP contribution in [-0.4, -0.2) is 66.4 Å². The first-order valence-corrected chi connectivity index (χ1v) is 10.4. The Kier molecular flexibility index (Phi) is 9.02. The first-order chi connectivity index (χ1) is 13.4. The lowest BCUT2D eigenvalue weighted by atomic mass is 9.85. The van der Waals surface area contributed by atoms with E-state index in [1.54, 1.807) is 0 Å². The Balaban J connectivity index is 2.03. The van der Waals surface area contributed by atoms with Crippen molar-refractivity contribution >= 4 is 18.0 Å². The predicted molar refractivity (Wildman–Crippen MR) is 103 cm³/mol. The lowest BCUT2D eigenvalue weighted by Crippen LogP contribution is -2.50. The lowest BCUT2D eigenvalue weighted by molar-refractivity contribution is -0.144. The average molecular weight is 399 g/mol. The number of morpholine rings is 1. The number of ether oxygens (including phenoxy) is 2. The van der Waals surface area contributed by atoms with E-state index in [1.807, 2.05) is 13.8 Å². The first kappa shape index (κ1) is 22.5. The van der Waals surface area contributed by atoms with Gasteiger partial charge in [-0.1, -0.05) is 46.0 Å². The van der Waals surface area contributed by atoms with Gasteiger partial charge in [0.25, 0.3) is 5.91 Å². The van der Waals surface area contributed by atoms with Crippen LogP contribution < -0.4 is 5.32 Å². The van der Waals surface area contributed by atoms with Gasteiger partial charge in [0.05, 0.1) is 13.2 Å². The van der Waals surface area contributed by atoms with Gasteiger partial charge in [-0.3, -0.25) is 4.79 Å². The molecule has 0 unspecified atom stereocenters.